The van der Waals surface area contributed by atoms with Gasteiger partial charge in [0.25, 0.3) is 0 Å². The van der Waals surface area contributed by atoms with E-state index in [-0.39, 0.29) is 30.3 Å². The maximum absolute atomic E-state index is 7.19. The SMILES string of the molecule is CC[Si](CC)(CC)O[C@@H]1[C@H](C)[C@H](c2ccncc2N)O[C@H](C)[C@@H]1O[Si](CC)(CC)CC. The summed E-state index contributed by atoms with van der Waals surface area (Å²) < 4.78 is 20.9. The molecule has 2 N–H and O–H groups in total. The molecule has 0 radical (unpaired) electrons. The Balaban J connectivity index is 2.48. The Labute approximate surface area is 192 Å². The van der Waals surface area contributed by atoms with Crippen LogP contribution in [0.25, 0.3) is 0 Å². The largest absolute Gasteiger partial charge is 0.411 e. The summed E-state index contributed by atoms with van der Waals surface area (Å²) in [5.41, 5.74) is 8.02. The summed E-state index contributed by atoms with van der Waals surface area (Å²) in [6.07, 6.45) is 3.35. The normalized spacial score (nSPS) is 27.4. The fourth-order valence-electron chi connectivity index (χ4n) is 5.12. The number of hydrogen-bond acceptors (Lipinski definition) is 5. The van der Waals surface area contributed by atoms with Crippen molar-refractivity contribution < 1.29 is 13.6 Å². The lowest BCUT2D eigenvalue weighted by Gasteiger charge is -2.50. The number of aromatic nitrogens is 1. The lowest BCUT2D eigenvalue weighted by Crippen LogP contribution is -2.59. The van der Waals surface area contributed by atoms with E-state index in [1.165, 1.54) is 0 Å². The van der Waals surface area contributed by atoms with E-state index in [0.29, 0.717) is 5.69 Å². The van der Waals surface area contributed by atoms with Gasteiger partial charge in [-0.15, -0.1) is 0 Å². The molecule has 5 atom stereocenters. The molecule has 0 unspecified atom stereocenters. The van der Waals surface area contributed by atoms with Crippen molar-refractivity contribution in [2.24, 2.45) is 5.92 Å². The molecule has 1 aliphatic rings. The zero-order valence-corrected chi connectivity index (χ0v) is 23.1. The molecule has 1 fully saturated rings. The van der Waals surface area contributed by atoms with Crippen LogP contribution in [0.15, 0.2) is 18.5 Å². The monoisotopic (exact) mass is 466 g/mol. The van der Waals surface area contributed by atoms with Crippen LogP contribution in [0.5, 0.6) is 0 Å². The summed E-state index contributed by atoms with van der Waals surface area (Å²) >= 11 is 0. The topological polar surface area (TPSA) is 66.6 Å². The highest BCUT2D eigenvalue weighted by molar-refractivity contribution is 6.74. The lowest BCUT2D eigenvalue weighted by molar-refractivity contribution is -0.182. The smallest absolute Gasteiger partial charge is 0.192 e. The second-order valence-electron chi connectivity index (χ2n) is 9.28. The highest BCUT2D eigenvalue weighted by Crippen LogP contribution is 2.44. The van der Waals surface area contributed by atoms with Crippen molar-refractivity contribution in [2.45, 2.75) is 116 Å². The minimum absolute atomic E-state index is 0.0179. The van der Waals surface area contributed by atoms with Crippen LogP contribution in [0.2, 0.25) is 36.3 Å². The summed E-state index contributed by atoms with van der Waals surface area (Å²) in [4.78, 5) is 4.17. The number of pyridine rings is 1. The van der Waals surface area contributed by atoms with Crippen molar-refractivity contribution in [1.82, 2.24) is 4.98 Å². The maximum atomic E-state index is 7.19. The van der Waals surface area contributed by atoms with Crippen LogP contribution in [0.3, 0.4) is 0 Å². The third-order valence-electron chi connectivity index (χ3n) is 7.98. The van der Waals surface area contributed by atoms with Gasteiger partial charge in [0.1, 0.15) is 0 Å². The number of ether oxygens (including phenoxy) is 1. The van der Waals surface area contributed by atoms with Gasteiger partial charge in [0.2, 0.25) is 0 Å². The summed E-state index contributed by atoms with van der Waals surface area (Å²) in [5, 5.41) is 0. The highest BCUT2D eigenvalue weighted by Gasteiger charge is 2.49. The predicted molar refractivity (Wildman–Crippen MR) is 135 cm³/mol. The van der Waals surface area contributed by atoms with Gasteiger partial charge >= 0.3 is 0 Å². The van der Waals surface area contributed by atoms with Crippen LogP contribution in [0.4, 0.5) is 5.69 Å². The molecule has 7 heteroatoms. The molecule has 1 aromatic heterocycles. The summed E-state index contributed by atoms with van der Waals surface area (Å²) in [5.74, 6) is 0.152. The number of rotatable bonds is 11. The second-order valence-corrected chi connectivity index (χ2v) is 18.7. The number of hydrogen-bond donors (Lipinski definition) is 1. The zero-order chi connectivity index (χ0) is 23.2. The molecular formula is C24H46N2O3Si2. The first-order valence-electron chi connectivity index (χ1n) is 12.5. The van der Waals surface area contributed by atoms with Gasteiger partial charge < -0.3 is 19.3 Å². The third kappa shape index (κ3) is 5.61. The Morgan fingerprint density at radius 1 is 0.871 bits per heavy atom. The Bertz CT molecular complexity index is 666. The number of nitrogens with two attached hydrogens (primary N) is 1. The minimum atomic E-state index is -1.83. The van der Waals surface area contributed by atoms with E-state index in [9.17, 15) is 0 Å². The fraction of sp³-hybridized carbons (Fsp3) is 0.792. The minimum Gasteiger partial charge on any atom is -0.411 e. The van der Waals surface area contributed by atoms with E-state index in [2.05, 4.69) is 60.4 Å². The molecular weight excluding hydrogens is 420 g/mol. The van der Waals surface area contributed by atoms with Crippen LogP contribution < -0.4 is 5.73 Å². The molecule has 0 aliphatic carbocycles. The van der Waals surface area contributed by atoms with E-state index < -0.39 is 16.6 Å². The van der Waals surface area contributed by atoms with E-state index in [1.807, 2.05) is 6.07 Å². The number of anilines is 1. The first kappa shape index (κ1) is 26.5. The molecule has 5 nitrogen and oxygen atoms in total. The van der Waals surface area contributed by atoms with Crippen LogP contribution in [-0.4, -0.2) is 39.9 Å². The summed E-state index contributed by atoms with van der Waals surface area (Å²) in [6.45, 7) is 18.2. The third-order valence-corrected chi connectivity index (χ3v) is 17.3. The Morgan fingerprint density at radius 3 is 1.81 bits per heavy atom. The predicted octanol–water partition coefficient (Wildman–Crippen LogP) is 6.54. The van der Waals surface area contributed by atoms with E-state index in [4.69, 9.17) is 19.3 Å². The van der Waals surface area contributed by atoms with Crippen molar-refractivity contribution in [3.8, 4) is 0 Å². The van der Waals surface area contributed by atoms with Gasteiger partial charge in [-0.25, -0.2) is 0 Å². The molecule has 0 bridgehead atoms. The molecule has 2 rings (SSSR count). The molecule has 0 amide bonds. The Hall–Kier alpha value is -0.736. The molecule has 1 aromatic rings. The van der Waals surface area contributed by atoms with Crippen molar-refractivity contribution in [3.63, 3.8) is 0 Å². The van der Waals surface area contributed by atoms with Crippen molar-refractivity contribution in [2.75, 3.05) is 5.73 Å². The molecule has 0 saturated carbocycles. The number of nitrogen functional groups attached to an aromatic ring is 1. The summed E-state index contributed by atoms with van der Waals surface area (Å²) in [7, 11) is -3.65. The van der Waals surface area contributed by atoms with Gasteiger partial charge in [-0.05, 0) is 49.3 Å². The fourth-order valence-corrected chi connectivity index (χ4v) is 10.9. The highest BCUT2D eigenvalue weighted by atomic mass is 28.4. The van der Waals surface area contributed by atoms with Gasteiger partial charge in [0.15, 0.2) is 16.6 Å². The van der Waals surface area contributed by atoms with Gasteiger partial charge in [-0.1, -0.05) is 48.5 Å². The quantitative estimate of drug-likeness (QED) is 0.375. The van der Waals surface area contributed by atoms with Crippen LogP contribution in [-0.2, 0) is 13.6 Å². The molecule has 1 aliphatic heterocycles. The molecule has 178 valence electrons. The first-order valence-corrected chi connectivity index (χ1v) is 17.5. The average Bonchev–Trinajstić information content (AvgIpc) is 2.80. The standard InChI is InChI=1S/C24H46N2O3Si2/c1-9-30(10-2,11-3)28-23-18(7)22(20-15-16-26-17-21(20)25)27-19(8)24(23)29-31(12-4,13-5)14-6/h15-19,22-24H,9-14,25H2,1-8H3/t18-,19-,22-,23-,24+/m1/s1. The van der Waals surface area contributed by atoms with E-state index in [1.54, 1.807) is 12.4 Å². The molecule has 31 heavy (non-hydrogen) atoms. The van der Waals surface area contributed by atoms with Crippen LogP contribution >= 0.6 is 0 Å². The molecule has 0 aromatic carbocycles. The van der Waals surface area contributed by atoms with Gasteiger partial charge in [-0.3, -0.25) is 4.98 Å². The van der Waals surface area contributed by atoms with E-state index >= 15 is 0 Å². The van der Waals surface area contributed by atoms with Crippen molar-refractivity contribution >= 4 is 22.3 Å². The van der Waals surface area contributed by atoms with Crippen molar-refractivity contribution in [1.29, 1.82) is 0 Å². The van der Waals surface area contributed by atoms with Crippen LogP contribution in [0, 0.1) is 5.92 Å². The first-order chi connectivity index (χ1) is 14.8. The van der Waals surface area contributed by atoms with Crippen LogP contribution in [0.1, 0.15) is 67.1 Å². The lowest BCUT2D eigenvalue weighted by atomic mass is 9.85. The average molecular weight is 467 g/mol. The van der Waals surface area contributed by atoms with Crippen molar-refractivity contribution in [3.05, 3.63) is 24.0 Å². The van der Waals surface area contributed by atoms with Gasteiger partial charge in [-0.2, -0.15) is 0 Å². The number of nitrogens with zero attached hydrogens (tertiary/aromatic N) is 1. The van der Waals surface area contributed by atoms with E-state index in [0.717, 1.165) is 41.8 Å². The maximum Gasteiger partial charge on any atom is 0.192 e. The molecule has 0 spiro atoms. The Kier molecular flexibility index (Phi) is 9.76. The second kappa shape index (κ2) is 11.4. The zero-order valence-electron chi connectivity index (χ0n) is 21.1. The van der Waals surface area contributed by atoms with Gasteiger partial charge in [0.05, 0.1) is 36.3 Å². The molecule has 1 saturated heterocycles. The summed E-state index contributed by atoms with van der Waals surface area (Å²) in [6, 6.07) is 8.77. The Morgan fingerprint density at radius 2 is 1.35 bits per heavy atom. The molecule has 2 heterocycles. The van der Waals surface area contributed by atoms with Gasteiger partial charge in [0, 0.05) is 17.7 Å².